The van der Waals surface area contributed by atoms with Crippen LogP contribution >= 0.6 is 11.3 Å². The molecule has 2 amide bonds. The van der Waals surface area contributed by atoms with Crippen LogP contribution in [0.25, 0.3) is 0 Å². The van der Waals surface area contributed by atoms with Crippen molar-refractivity contribution in [2.75, 3.05) is 25.0 Å². The number of benzene rings is 1. The number of likely N-dealkylation sites (tertiary alicyclic amines) is 1. The van der Waals surface area contributed by atoms with E-state index in [2.05, 4.69) is 20.5 Å². The number of carbonyl (C=O) groups is 2. The summed E-state index contributed by atoms with van der Waals surface area (Å²) in [6.45, 7) is 2.81. The van der Waals surface area contributed by atoms with Gasteiger partial charge in [0.25, 0.3) is 5.91 Å². The Balaban J connectivity index is 1.44. The first kappa shape index (κ1) is 18.5. The summed E-state index contributed by atoms with van der Waals surface area (Å²) in [5, 5.41) is 7.67. The first-order valence-electron chi connectivity index (χ1n) is 8.60. The zero-order valence-corrected chi connectivity index (χ0v) is 15.2. The van der Waals surface area contributed by atoms with Crippen molar-refractivity contribution in [2.24, 2.45) is 0 Å². The van der Waals surface area contributed by atoms with E-state index in [9.17, 15) is 14.0 Å². The fraction of sp³-hybridized carbons (Fsp3) is 0.389. The highest BCUT2D eigenvalue weighted by atomic mass is 32.1. The van der Waals surface area contributed by atoms with Gasteiger partial charge in [-0.3, -0.25) is 14.5 Å². The van der Waals surface area contributed by atoms with E-state index in [-0.39, 0.29) is 12.5 Å². The molecule has 1 aliphatic rings. The maximum Gasteiger partial charge on any atom is 0.251 e. The van der Waals surface area contributed by atoms with Gasteiger partial charge in [-0.25, -0.2) is 9.37 Å². The monoisotopic (exact) mass is 376 g/mol. The van der Waals surface area contributed by atoms with Crippen molar-refractivity contribution in [1.29, 1.82) is 0 Å². The van der Waals surface area contributed by atoms with Crippen molar-refractivity contribution in [3.63, 3.8) is 0 Å². The molecule has 3 rings (SSSR count). The first-order chi connectivity index (χ1) is 12.6. The van der Waals surface area contributed by atoms with Crippen molar-refractivity contribution in [3.05, 3.63) is 46.7 Å². The summed E-state index contributed by atoms with van der Waals surface area (Å²) in [7, 11) is 0. The summed E-state index contributed by atoms with van der Waals surface area (Å²) in [6, 6.07) is 5.15. The number of thiazole rings is 1. The molecule has 1 aromatic heterocycles. The van der Waals surface area contributed by atoms with Gasteiger partial charge in [0.2, 0.25) is 5.91 Å². The molecule has 1 fully saturated rings. The highest BCUT2D eigenvalue weighted by molar-refractivity contribution is 7.13. The number of hydrogen-bond donors (Lipinski definition) is 2. The van der Waals surface area contributed by atoms with Crippen molar-refractivity contribution < 1.29 is 14.0 Å². The van der Waals surface area contributed by atoms with E-state index in [1.807, 2.05) is 5.38 Å². The molecule has 0 unspecified atom stereocenters. The van der Waals surface area contributed by atoms with Crippen LogP contribution < -0.4 is 10.6 Å². The molecule has 138 valence electrons. The lowest BCUT2D eigenvalue weighted by Crippen LogP contribution is -2.32. The summed E-state index contributed by atoms with van der Waals surface area (Å²) < 4.78 is 12.9. The average Bonchev–Trinajstić information content (AvgIpc) is 3.08. The predicted octanol–water partition coefficient (Wildman–Crippen LogP) is 2.64. The second-order valence-corrected chi connectivity index (χ2v) is 7.08. The van der Waals surface area contributed by atoms with Crippen LogP contribution in [0.2, 0.25) is 0 Å². The Kier molecular flexibility index (Phi) is 6.30. The summed E-state index contributed by atoms with van der Waals surface area (Å²) in [6.07, 6.45) is 3.74. The molecule has 2 aromatic rings. The van der Waals surface area contributed by atoms with Gasteiger partial charge in [-0.1, -0.05) is 6.42 Å². The highest BCUT2D eigenvalue weighted by Gasteiger charge is 2.14. The van der Waals surface area contributed by atoms with Crippen LogP contribution in [0.15, 0.2) is 29.6 Å². The predicted molar refractivity (Wildman–Crippen MR) is 98.6 cm³/mol. The number of anilines is 1. The van der Waals surface area contributed by atoms with Gasteiger partial charge in [0.05, 0.1) is 12.2 Å². The Labute approximate surface area is 155 Å². The van der Waals surface area contributed by atoms with Gasteiger partial charge in [-0.15, -0.1) is 11.3 Å². The SMILES string of the molecule is O=C(CNC(=O)c1ccc(F)cc1)Nc1nc(CN2CCCCC2)cs1. The normalized spacial score (nSPS) is 14.8. The molecule has 6 nitrogen and oxygen atoms in total. The van der Waals surface area contributed by atoms with Gasteiger partial charge in [0, 0.05) is 17.5 Å². The minimum atomic E-state index is -0.426. The molecular formula is C18H21FN4O2S. The maximum atomic E-state index is 12.9. The Bertz CT molecular complexity index is 757. The number of nitrogens with zero attached hydrogens (tertiary/aromatic N) is 2. The van der Waals surface area contributed by atoms with E-state index in [0.717, 1.165) is 25.3 Å². The number of nitrogens with one attached hydrogen (secondary N) is 2. The molecule has 0 bridgehead atoms. The van der Waals surface area contributed by atoms with E-state index in [1.165, 1.54) is 54.9 Å². The molecule has 0 saturated carbocycles. The molecule has 0 aliphatic carbocycles. The minimum Gasteiger partial charge on any atom is -0.343 e. The number of aromatic nitrogens is 1. The number of halogens is 1. The van der Waals surface area contributed by atoms with E-state index < -0.39 is 11.7 Å². The number of rotatable bonds is 6. The highest BCUT2D eigenvalue weighted by Crippen LogP contribution is 2.18. The fourth-order valence-electron chi connectivity index (χ4n) is 2.81. The van der Waals surface area contributed by atoms with Gasteiger partial charge in [-0.2, -0.15) is 0 Å². The lowest BCUT2D eigenvalue weighted by Gasteiger charge is -2.25. The number of piperidine rings is 1. The van der Waals surface area contributed by atoms with Crippen LogP contribution in [0, 0.1) is 5.82 Å². The Morgan fingerprint density at radius 2 is 1.88 bits per heavy atom. The van der Waals surface area contributed by atoms with Gasteiger partial charge in [-0.05, 0) is 50.2 Å². The molecule has 1 aromatic carbocycles. The maximum absolute atomic E-state index is 12.9. The molecule has 26 heavy (non-hydrogen) atoms. The van der Waals surface area contributed by atoms with Crippen molar-refractivity contribution >= 4 is 28.3 Å². The van der Waals surface area contributed by atoms with Crippen LogP contribution in [-0.2, 0) is 11.3 Å². The van der Waals surface area contributed by atoms with E-state index in [4.69, 9.17) is 0 Å². The topological polar surface area (TPSA) is 74.3 Å². The lowest BCUT2D eigenvalue weighted by atomic mass is 10.1. The summed E-state index contributed by atoms with van der Waals surface area (Å²) >= 11 is 1.37. The van der Waals surface area contributed by atoms with Crippen molar-refractivity contribution in [2.45, 2.75) is 25.8 Å². The quantitative estimate of drug-likeness (QED) is 0.813. The number of amides is 2. The standard InChI is InChI=1S/C18H21FN4O2S/c19-14-6-4-13(5-7-14)17(25)20-10-16(24)22-18-21-15(12-26-18)11-23-8-2-1-3-9-23/h4-7,12H,1-3,8-11H2,(H,20,25)(H,21,22,24). The largest absolute Gasteiger partial charge is 0.343 e. The van der Waals surface area contributed by atoms with Crippen LogP contribution in [-0.4, -0.2) is 41.3 Å². The second-order valence-electron chi connectivity index (χ2n) is 6.22. The molecule has 8 heteroatoms. The fourth-order valence-corrected chi connectivity index (χ4v) is 3.53. The Morgan fingerprint density at radius 3 is 2.62 bits per heavy atom. The van der Waals surface area contributed by atoms with Gasteiger partial charge in [0.1, 0.15) is 5.82 Å². The van der Waals surface area contributed by atoms with Gasteiger partial charge in [0.15, 0.2) is 5.13 Å². The molecule has 0 spiro atoms. The second kappa shape index (κ2) is 8.86. The molecule has 1 saturated heterocycles. The molecule has 2 heterocycles. The zero-order chi connectivity index (χ0) is 18.4. The van der Waals surface area contributed by atoms with Crippen LogP contribution in [0.3, 0.4) is 0 Å². The minimum absolute atomic E-state index is 0.169. The van der Waals surface area contributed by atoms with Crippen LogP contribution in [0.5, 0.6) is 0 Å². The summed E-state index contributed by atoms with van der Waals surface area (Å²) in [5.74, 6) is -1.19. The number of carbonyl (C=O) groups excluding carboxylic acids is 2. The molecule has 0 atom stereocenters. The first-order valence-corrected chi connectivity index (χ1v) is 9.48. The Hall–Kier alpha value is -2.32. The van der Waals surface area contributed by atoms with Crippen molar-refractivity contribution in [1.82, 2.24) is 15.2 Å². The molecule has 2 N–H and O–H groups in total. The van der Waals surface area contributed by atoms with Crippen molar-refractivity contribution in [3.8, 4) is 0 Å². The average molecular weight is 376 g/mol. The van der Waals surface area contributed by atoms with E-state index in [0.29, 0.717) is 10.7 Å². The number of hydrogen-bond acceptors (Lipinski definition) is 5. The third-order valence-electron chi connectivity index (χ3n) is 4.15. The van der Waals surface area contributed by atoms with Gasteiger partial charge >= 0.3 is 0 Å². The van der Waals surface area contributed by atoms with Crippen LogP contribution in [0.1, 0.15) is 35.3 Å². The molecular weight excluding hydrogens is 355 g/mol. The van der Waals surface area contributed by atoms with Gasteiger partial charge < -0.3 is 10.6 Å². The summed E-state index contributed by atoms with van der Waals surface area (Å²) in [5.41, 5.74) is 1.25. The summed E-state index contributed by atoms with van der Waals surface area (Å²) in [4.78, 5) is 30.7. The van der Waals surface area contributed by atoms with E-state index >= 15 is 0 Å². The van der Waals surface area contributed by atoms with Crippen LogP contribution in [0.4, 0.5) is 9.52 Å². The third-order valence-corrected chi connectivity index (χ3v) is 4.95. The van der Waals surface area contributed by atoms with E-state index in [1.54, 1.807) is 0 Å². The zero-order valence-electron chi connectivity index (χ0n) is 14.3. The smallest absolute Gasteiger partial charge is 0.251 e. The Morgan fingerprint density at radius 1 is 1.15 bits per heavy atom. The third kappa shape index (κ3) is 5.34. The molecule has 1 aliphatic heterocycles. The lowest BCUT2D eigenvalue weighted by molar-refractivity contribution is -0.115. The molecule has 0 radical (unpaired) electrons.